The van der Waals surface area contributed by atoms with E-state index in [1.165, 1.54) is 0 Å². The van der Waals surface area contributed by atoms with E-state index in [1.807, 2.05) is 6.92 Å². The summed E-state index contributed by atoms with van der Waals surface area (Å²) in [4.78, 5) is 45.1. The summed E-state index contributed by atoms with van der Waals surface area (Å²) >= 11 is 0. The average Bonchev–Trinajstić information content (AvgIpc) is 2.88. The van der Waals surface area contributed by atoms with Crippen LogP contribution in [0.25, 0.3) is 22.5 Å². The lowest BCUT2D eigenvalue weighted by molar-refractivity contribution is -0.147. The highest BCUT2D eigenvalue weighted by Gasteiger charge is 2.31. The first-order chi connectivity index (χ1) is 17.2. The third-order valence-electron chi connectivity index (χ3n) is 6.46. The van der Waals surface area contributed by atoms with Crippen LogP contribution in [0.4, 0.5) is 0 Å². The summed E-state index contributed by atoms with van der Waals surface area (Å²) in [5, 5.41) is 19.0. The number of phenolic OH excluding ortho intramolecular Hbond substituents is 1. The molecule has 1 aliphatic heterocycles. The zero-order valence-electron chi connectivity index (χ0n) is 20.2. The van der Waals surface area contributed by atoms with Gasteiger partial charge in [-0.2, -0.15) is 4.98 Å². The van der Waals surface area contributed by atoms with Gasteiger partial charge in [0.2, 0.25) is 0 Å². The van der Waals surface area contributed by atoms with E-state index in [1.54, 1.807) is 60.4 Å². The maximum Gasteiger partial charge on any atom is 0.345 e. The van der Waals surface area contributed by atoms with E-state index in [2.05, 4.69) is 9.97 Å². The molecule has 36 heavy (non-hydrogen) atoms. The fourth-order valence-electron chi connectivity index (χ4n) is 4.34. The van der Waals surface area contributed by atoms with Crippen molar-refractivity contribution in [3.8, 4) is 34.0 Å². The Hall–Kier alpha value is -4.14. The number of nitrogens with one attached hydrogen (secondary N) is 1. The van der Waals surface area contributed by atoms with Crippen LogP contribution >= 0.6 is 0 Å². The largest absolute Gasteiger partial charge is 0.508 e. The molecule has 9 heteroatoms. The van der Waals surface area contributed by atoms with Crippen LogP contribution in [0, 0.1) is 12.8 Å². The number of carbonyl (C=O) groups excluding carboxylic acids is 1. The van der Waals surface area contributed by atoms with Gasteiger partial charge in [0.25, 0.3) is 5.91 Å². The summed E-state index contributed by atoms with van der Waals surface area (Å²) < 4.78 is 6.04. The summed E-state index contributed by atoms with van der Waals surface area (Å²) in [6.45, 7) is 4.43. The van der Waals surface area contributed by atoms with Crippen molar-refractivity contribution in [2.45, 2.75) is 39.2 Å². The highest BCUT2D eigenvalue weighted by molar-refractivity contribution is 5.82. The second kappa shape index (κ2) is 10.6. The molecule has 4 rings (SSSR count). The Kier molecular flexibility index (Phi) is 7.38. The molecule has 3 aromatic rings. The number of aliphatic carboxylic acids is 1. The van der Waals surface area contributed by atoms with E-state index in [-0.39, 0.29) is 11.7 Å². The van der Waals surface area contributed by atoms with Crippen molar-refractivity contribution in [1.29, 1.82) is 0 Å². The van der Waals surface area contributed by atoms with Crippen LogP contribution in [-0.2, 0) is 9.59 Å². The maximum absolute atomic E-state index is 13.0. The molecule has 1 fully saturated rings. The predicted molar refractivity (Wildman–Crippen MR) is 134 cm³/mol. The summed E-state index contributed by atoms with van der Waals surface area (Å²) in [5.74, 6) is -0.752. The number of aromatic hydroxyl groups is 1. The first-order valence-corrected chi connectivity index (χ1v) is 11.9. The Morgan fingerprint density at radius 1 is 1.14 bits per heavy atom. The third kappa shape index (κ3) is 5.56. The quantitative estimate of drug-likeness (QED) is 0.460. The fraction of sp³-hybridized carbons (Fsp3) is 0.333. The molecule has 2 aromatic carbocycles. The van der Waals surface area contributed by atoms with E-state index >= 15 is 0 Å². The number of amides is 1. The van der Waals surface area contributed by atoms with Gasteiger partial charge >= 0.3 is 11.7 Å². The van der Waals surface area contributed by atoms with Crippen molar-refractivity contribution in [2.75, 3.05) is 13.1 Å². The number of piperidine rings is 1. The number of rotatable bonds is 7. The predicted octanol–water partition coefficient (Wildman–Crippen LogP) is 3.60. The third-order valence-corrected chi connectivity index (χ3v) is 6.46. The summed E-state index contributed by atoms with van der Waals surface area (Å²) in [6, 6.07) is 13.9. The van der Waals surface area contributed by atoms with Crippen molar-refractivity contribution in [1.82, 2.24) is 14.9 Å². The molecule has 188 valence electrons. The molecule has 1 saturated heterocycles. The van der Waals surface area contributed by atoms with Crippen molar-refractivity contribution >= 4 is 11.9 Å². The zero-order chi connectivity index (χ0) is 25.8. The number of H-pyrrole nitrogens is 1. The summed E-state index contributed by atoms with van der Waals surface area (Å²) in [6.07, 6.45) is 0.619. The normalized spacial score (nSPS) is 14.9. The molecule has 1 unspecified atom stereocenters. The number of carboxylic acids is 1. The SMILES string of the molecule is CCC(Oc1cccc(-c2cc(-c3ccc(O)c(C)c3)[nH]c(=O)n2)c1)C(=O)N1CCC(C(=O)O)CC1. The molecular formula is C27H29N3O6. The van der Waals surface area contributed by atoms with Gasteiger partial charge in [-0.05, 0) is 73.7 Å². The van der Waals surface area contributed by atoms with Gasteiger partial charge in [-0.15, -0.1) is 0 Å². The van der Waals surface area contributed by atoms with Crippen molar-refractivity contribution in [2.24, 2.45) is 5.92 Å². The Morgan fingerprint density at radius 2 is 1.89 bits per heavy atom. The van der Waals surface area contributed by atoms with Gasteiger partial charge in [0.1, 0.15) is 11.5 Å². The monoisotopic (exact) mass is 491 g/mol. The number of carboxylic acid groups (broad SMARTS) is 1. The van der Waals surface area contributed by atoms with E-state index in [9.17, 15) is 24.6 Å². The number of likely N-dealkylation sites (tertiary alicyclic amines) is 1. The lowest BCUT2D eigenvalue weighted by Gasteiger charge is -2.32. The topological polar surface area (TPSA) is 133 Å². The van der Waals surface area contributed by atoms with Crippen LogP contribution in [0.5, 0.6) is 11.5 Å². The molecule has 3 N–H and O–H groups in total. The Balaban J connectivity index is 1.53. The van der Waals surface area contributed by atoms with Crippen LogP contribution in [0.15, 0.2) is 53.3 Å². The number of carbonyl (C=O) groups is 2. The number of phenols is 1. The standard InChI is InChI=1S/C27H29N3O6/c1-3-24(25(32)30-11-9-17(10-12-30)26(33)34)36-20-6-4-5-18(14-20)21-15-22(29-27(35)28-21)19-7-8-23(31)16(2)13-19/h4-8,13-15,17,24,31H,3,9-12H2,1-2H3,(H,33,34)(H,28,29,35). The smallest absolute Gasteiger partial charge is 0.345 e. The summed E-state index contributed by atoms with van der Waals surface area (Å²) in [5.41, 5.74) is 2.57. The molecule has 0 spiro atoms. The van der Waals surface area contributed by atoms with Crippen LogP contribution in [0.3, 0.4) is 0 Å². The molecule has 0 radical (unpaired) electrons. The average molecular weight is 492 g/mol. The Bertz CT molecular complexity index is 1330. The fourth-order valence-corrected chi connectivity index (χ4v) is 4.34. The number of aromatic nitrogens is 2. The van der Waals surface area contributed by atoms with Crippen LogP contribution in [0.1, 0.15) is 31.7 Å². The lowest BCUT2D eigenvalue weighted by Crippen LogP contribution is -2.46. The Morgan fingerprint density at radius 3 is 2.56 bits per heavy atom. The number of hydrogen-bond donors (Lipinski definition) is 3. The maximum atomic E-state index is 13.0. The van der Waals surface area contributed by atoms with E-state index in [4.69, 9.17) is 4.74 Å². The molecule has 0 aliphatic carbocycles. The number of benzene rings is 2. The van der Waals surface area contributed by atoms with Gasteiger partial charge in [-0.1, -0.05) is 19.1 Å². The first kappa shape index (κ1) is 25.0. The second-order valence-corrected chi connectivity index (χ2v) is 8.97. The number of hydrogen-bond acceptors (Lipinski definition) is 6. The highest BCUT2D eigenvalue weighted by atomic mass is 16.5. The van der Waals surface area contributed by atoms with Crippen molar-refractivity contribution < 1.29 is 24.5 Å². The first-order valence-electron chi connectivity index (χ1n) is 11.9. The lowest BCUT2D eigenvalue weighted by atomic mass is 9.96. The van der Waals surface area contributed by atoms with Gasteiger partial charge in [0.05, 0.1) is 17.3 Å². The summed E-state index contributed by atoms with van der Waals surface area (Å²) in [7, 11) is 0. The van der Waals surface area contributed by atoms with Crippen molar-refractivity contribution in [3.63, 3.8) is 0 Å². The molecule has 2 heterocycles. The van der Waals surface area contributed by atoms with E-state index < -0.39 is 23.7 Å². The molecule has 1 amide bonds. The van der Waals surface area contributed by atoms with Crippen LogP contribution in [0.2, 0.25) is 0 Å². The molecule has 1 atom stereocenters. The van der Waals surface area contributed by atoms with Gasteiger partial charge in [0.15, 0.2) is 6.10 Å². The molecule has 0 bridgehead atoms. The number of aryl methyl sites for hydroxylation is 1. The minimum Gasteiger partial charge on any atom is -0.508 e. The highest BCUT2D eigenvalue weighted by Crippen LogP contribution is 2.28. The van der Waals surface area contributed by atoms with Gasteiger partial charge in [0, 0.05) is 18.7 Å². The minimum absolute atomic E-state index is 0.161. The van der Waals surface area contributed by atoms with Gasteiger partial charge in [-0.25, -0.2) is 4.79 Å². The van der Waals surface area contributed by atoms with Gasteiger partial charge in [-0.3, -0.25) is 9.59 Å². The number of ether oxygens (including phenoxy) is 1. The van der Waals surface area contributed by atoms with E-state index in [0.29, 0.717) is 60.6 Å². The second-order valence-electron chi connectivity index (χ2n) is 8.97. The zero-order valence-corrected chi connectivity index (χ0v) is 20.2. The van der Waals surface area contributed by atoms with Crippen LogP contribution in [-0.4, -0.2) is 56.2 Å². The molecular weight excluding hydrogens is 462 g/mol. The minimum atomic E-state index is -0.820. The van der Waals surface area contributed by atoms with Crippen LogP contribution < -0.4 is 10.4 Å². The number of nitrogens with zero attached hydrogens (tertiary/aromatic N) is 2. The molecule has 1 aromatic heterocycles. The van der Waals surface area contributed by atoms with E-state index in [0.717, 1.165) is 5.56 Å². The van der Waals surface area contributed by atoms with Gasteiger partial charge < -0.3 is 24.8 Å². The molecule has 0 saturated carbocycles. The molecule has 9 nitrogen and oxygen atoms in total. The van der Waals surface area contributed by atoms with Crippen molar-refractivity contribution in [3.05, 3.63) is 64.6 Å². The molecule has 1 aliphatic rings. The Labute approximate surface area is 208 Å². The number of aromatic amines is 1.